The van der Waals surface area contributed by atoms with Gasteiger partial charge in [0.1, 0.15) is 29.3 Å². The van der Waals surface area contributed by atoms with Gasteiger partial charge >= 0.3 is 0 Å². The first kappa shape index (κ1) is 13.6. The van der Waals surface area contributed by atoms with Gasteiger partial charge in [-0.05, 0) is 37.1 Å². The number of hydrogen-bond acceptors (Lipinski definition) is 5. The average molecular weight is 266 g/mol. The zero-order valence-corrected chi connectivity index (χ0v) is 11.1. The minimum absolute atomic E-state index is 0.207. The minimum atomic E-state index is -0.207. The van der Waals surface area contributed by atoms with Crippen molar-refractivity contribution in [3.63, 3.8) is 0 Å². The average Bonchev–Trinajstić information content (AvgIpc) is 2.53. The van der Waals surface area contributed by atoms with Gasteiger partial charge in [0.25, 0.3) is 0 Å². The molecule has 100 valence electrons. The Morgan fingerprint density at radius 1 is 1.35 bits per heavy atom. The number of methoxy groups -OCH3 is 1. The van der Waals surface area contributed by atoms with Crippen LogP contribution in [0.4, 0.5) is 5.69 Å². The first-order valence-electron chi connectivity index (χ1n) is 6.26. The van der Waals surface area contributed by atoms with Gasteiger partial charge in [-0.1, -0.05) is 6.08 Å². The Morgan fingerprint density at radius 3 is 2.70 bits per heavy atom. The van der Waals surface area contributed by atoms with Crippen LogP contribution >= 0.6 is 0 Å². The molecule has 0 fully saturated rings. The molecule has 1 aliphatic rings. The fourth-order valence-corrected chi connectivity index (χ4v) is 1.97. The summed E-state index contributed by atoms with van der Waals surface area (Å²) in [6.45, 7) is 0. The third-order valence-corrected chi connectivity index (χ3v) is 3.02. The molecule has 0 bridgehead atoms. The van der Waals surface area contributed by atoms with Crippen molar-refractivity contribution in [1.82, 2.24) is 5.32 Å². The Hall–Kier alpha value is -2.79. The molecular formula is C15H14N4O. The van der Waals surface area contributed by atoms with Crippen LogP contribution in [-0.2, 0) is 0 Å². The van der Waals surface area contributed by atoms with Gasteiger partial charge in [0.15, 0.2) is 0 Å². The second-order valence-electron chi connectivity index (χ2n) is 4.31. The summed E-state index contributed by atoms with van der Waals surface area (Å²) in [6, 6.07) is 11.1. The molecule has 5 nitrogen and oxygen atoms in total. The second kappa shape index (κ2) is 6.40. The van der Waals surface area contributed by atoms with Gasteiger partial charge in [-0.3, -0.25) is 0 Å². The van der Waals surface area contributed by atoms with Crippen LogP contribution in [0.3, 0.4) is 0 Å². The van der Waals surface area contributed by atoms with E-state index in [4.69, 9.17) is 10.00 Å². The maximum atomic E-state index is 9.25. The van der Waals surface area contributed by atoms with E-state index < -0.39 is 0 Å². The summed E-state index contributed by atoms with van der Waals surface area (Å²) in [6.07, 6.45) is 3.36. The Morgan fingerprint density at radius 2 is 2.10 bits per heavy atom. The van der Waals surface area contributed by atoms with E-state index in [0.717, 1.165) is 18.6 Å². The molecule has 5 heteroatoms. The Bertz CT molecular complexity index is 617. The Balaban J connectivity index is 2.19. The topological polar surface area (TPSA) is 81.2 Å². The van der Waals surface area contributed by atoms with Gasteiger partial charge in [-0.25, -0.2) is 4.99 Å². The van der Waals surface area contributed by atoms with E-state index in [2.05, 4.69) is 22.4 Å². The number of ether oxygens (including phenoxy) is 1. The van der Waals surface area contributed by atoms with Gasteiger partial charge in [-0.15, -0.1) is 0 Å². The monoisotopic (exact) mass is 266 g/mol. The zero-order chi connectivity index (χ0) is 14.4. The van der Waals surface area contributed by atoms with Crippen LogP contribution in [0.5, 0.6) is 5.75 Å². The molecule has 0 radical (unpaired) electrons. The first-order valence-corrected chi connectivity index (χ1v) is 6.26. The van der Waals surface area contributed by atoms with Crippen LogP contribution in [0.2, 0.25) is 0 Å². The maximum absolute atomic E-state index is 9.25. The predicted molar refractivity (Wildman–Crippen MR) is 75.6 cm³/mol. The van der Waals surface area contributed by atoms with Crippen molar-refractivity contribution in [2.24, 2.45) is 4.99 Å². The van der Waals surface area contributed by atoms with Gasteiger partial charge < -0.3 is 10.1 Å². The summed E-state index contributed by atoms with van der Waals surface area (Å²) < 4.78 is 5.08. The fourth-order valence-electron chi connectivity index (χ4n) is 1.97. The van der Waals surface area contributed by atoms with Gasteiger partial charge in [0.05, 0.1) is 18.8 Å². The maximum Gasteiger partial charge on any atom is 0.140 e. The lowest BCUT2D eigenvalue weighted by Gasteiger charge is -2.20. The molecule has 0 aromatic heterocycles. The fraction of sp³-hybridized carbons (Fsp3) is 0.267. The van der Waals surface area contributed by atoms with E-state index in [1.807, 2.05) is 6.08 Å². The quantitative estimate of drug-likeness (QED) is 0.852. The third-order valence-electron chi connectivity index (χ3n) is 3.02. The molecule has 1 unspecified atom stereocenters. The first-order chi connectivity index (χ1) is 9.76. The lowest BCUT2D eigenvalue weighted by molar-refractivity contribution is 0.415. The minimum Gasteiger partial charge on any atom is -0.497 e. The molecule has 0 aliphatic carbocycles. The summed E-state index contributed by atoms with van der Waals surface area (Å²) in [4.78, 5) is 4.35. The molecule has 1 N–H and O–H groups in total. The van der Waals surface area contributed by atoms with Crippen LogP contribution in [0.15, 0.2) is 41.0 Å². The standard InChI is InChI=1S/C15H14N4O/c1-20-13-7-5-11(6-8-13)18-15(10-17)14-4-2-3-12(9-16)19-14/h3,5-8,14,19H,2,4H2,1H3. The molecule has 2 rings (SSSR count). The normalized spacial score (nSPS) is 18.2. The largest absolute Gasteiger partial charge is 0.497 e. The van der Waals surface area contributed by atoms with E-state index >= 15 is 0 Å². The lowest BCUT2D eigenvalue weighted by atomic mass is 10.0. The van der Waals surface area contributed by atoms with Gasteiger partial charge in [0, 0.05) is 0 Å². The van der Waals surface area contributed by atoms with E-state index in [9.17, 15) is 5.26 Å². The Kier molecular flexibility index (Phi) is 4.36. The molecular weight excluding hydrogens is 252 g/mol. The summed E-state index contributed by atoms with van der Waals surface area (Å²) >= 11 is 0. The predicted octanol–water partition coefficient (Wildman–Crippen LogP) is 2.45. The van der Waals surface area contributed by atoms with Crippen LogP contribution in [0.25, 0.3) is 0 Å². The van der Waals surface area contributed by atoms with Crippen molar-refractivity contribution in [3.8, 4) is 17.9 Å². The van der Waals surface area contributed by atoms with Gasteiger partial charge in [0.2, 0.25) is 0 Å². The number of aliphatic imine (C=N–C) groups is 1. The highest BCUT2D eigenvalue weighted by atomic mass is 16.5. The van der Waals surface area contributed by atoms with E-state index in [1.54, 1.807) is 31.4 Å². The van der Waals surface area contributed by atoms with Crippen molar-refractivity contribution in [1.29, 1.82) is 10.5 Å². The smallest absolute Gasteiger partial charge is 0.140 e. The highest BCUT2D eigenvalue weighted by molar-refractivity contribution is 6.04. The van der Waals surface area contributed by atoms with Crippen LogP contribution in [0, 0.1) is 22.7 Å². The molecule has 0 spiro atoms. The van der Waals surface area contributed by atoms with Crippen molar-refractivity contribution in [3.05, 3.63) is 36.0 Å². The molecule has 1 aliphatic heterocycles. The number of allylic oxidation sites excluding steroid dienone is 2. The number of nitrogens with zero attached hydrogens (tertiary/aromatic N) is 3. The molecule has 1 aromatic carbocycles. The number of nitriles is 2. The molecule has 0 amide bonds. The van der Waals surface area contributed by atoms with Crippen molar-refractivity contribution >= 4 is 11.4 Å². The summed E-state index contributed by atoms with van der Waals surface area (Å²) in [5.41, 5.74) is 1.58. The van der Waals surface area contributed by atoms with Crippen molar-refractivity contribution in [2.45, 2.75) is 18.9 Å². The molecule has 20 heavy (non-hydrogen) atoms. The molecule has 1 heterocycles. The third kappa shape index (κ3) is 3.15. The van der Waals surface area contributed by atoms with Crippen molar-refractivity contribution < 1.29 is 4.74 Å². The summed E-state index contributed by atoms with van der Waals surface area (Å²) in [5, 5.41) is 21.2. The molecule has 0 saturated carbocycles. The van der Waals surface area contributed by atoms with Crippen LogP contribution in [-0.4, -0.2) is 18.9 Å². The van der Waals surface area contributed by atoms with E-state index in [1.165, 1.54) is 0 Å². The lowest BCUT2D eigenvalue weighted by Crippen LogP contribution is -2.37. The van der Waals surface area contributed by atoms with Gasteiger partial charge in [-0.2, -0.15) is 10.5 Å². The van der Waals surface area contributed by atoms with E-state index in [-0.39, 0.29) is 6.04 Å². The summed E-state index contributed by atoms with van der Waals surface area (Å²) in [5.74, 6) is 0.743. The highest BCUT2D eigenvalue weighted by Gasteiger charge is 2.19. The van der Waals surface area contributed by atoms with Crippen molar-refractivity contribution in [2.75, 3.05) is 7.11 Å². The SMILES string of the molecule is COc1ccc(N=C(C#N)C2CCC=C(C#N)N2)cc1. The number of nitrogens with one attached hydrogen (secondary N) is 1. The molecule has 0 saturated heterocycles. The molecule has 1 atom stereocenters. The molecule has 1 aromatic rings. The number of hydrogen-bond donors (Lipinski definition) is 1. The Labute approximate surface area is 117 Å². The number of benzene rings is 1. The highest BCUT2D eigenvalue weighted by Crippen LogP contribution is 2.19. The van der Waals surface area contributed by atoms with Crippen LogP contribution in [0.1, 0.15) is 12.8 Å². The summed E-state index contributed by atoms with van der Waals surface area (Å²) in [7, 11) is 1.60. The van der Waals surface area contributed by atoms with E-state index in [0.29, 0.717) is 17.1 Å². The zero-order valence-electron chi connectivity index (χ0n) is 11.1. The second-order valence-corrected chi connectivity index (χ2v) is 4.31. The van der Waals surface area contributed by atoms with Crippen LogP contribution < -0.4 is 10.1 Å². The number of rotatable bonds is 3.